The molecule has 1 heterocycles. The highest BCUT2D eigenvalue weighted by atomic mass is 16.2. The lowest BCUT2D eigenvalue weighted by atomic mass is 10.1. The van der Waals surface area contributed by atoms with Gasteiger partial charge in [-0.2, -0.15) is 0 Å². The summed E-state index contributed by atoms with van der Waals surface area (Å²) in [6, 6.07) is 5.51. The first-order valence-electron chi connectivity index (χ1n) is 6.21. The maximum absolute atomic E-state index is 12.0. The number of hydrogen-bond acceptors (Lipinski definition) is 2. The molecule has 4 heteroatoms. The van der Waals surface area contributed by atoms with Crippen molar-refractivity contribution in [2.24, 2.45) is 5.92 Å². The first-order valence-corrected chi connectivity index (χ1v) is 6.21. The topological polar surface area (TPSA) is 49.4 Å². The number of nitrogens with one attached hydrogen (secondary N) is 1. The van der Waals surface area contributed by atoms with Crippen molar-refractivity contribution >= 4 is 17.5 Å². The normalized spacial score (nSPS) is 13.7. The highest BCUT2D eigenvalue weighted by Gasteiger charge is 2.26. The molecular formula is C14H18N2O2. The highest BCUT2D eigenvalue weighted by molar-refractivity contribution is 5.99. The van der Waals surface area contributed by atoms with Gasteiger partial charge in [0, 0.05) is 30.8 Å². The van der Waals surface area contributed by atoms with Crippen molar-refractivity contribution in [2.75, 3.05) is 18.5 Å². The van der Waals surface area contributed by atoms with E-state index in [0.717, 1.165) is 17.7 Å². The number of fused-ring (bicyclic) bond motifs is 1. The van der Waals surface area contributed by atoms with Gasteiger partial charge in [-0.1, -0.05) is 13.8 Å². The Morgan fingerprint density at radius 1 is 1.33 bits per heavy atom. The van der Waals surface area contributed by atoms with E-state index in [1.165, 1.54) is 0 Å². The van der Waals surface area contributed by atoms with E-state index in [-0.39, 0.29) is 17.7 Å². The maximum atomic E-state index is 12.0. The Balaban J connectivity index is 2.31. The zero-order valence-electron chi connectivity index (χ0n) is 11.0. The molecule has 0 unspecified atom stereocenters. The fraction of sp³-hybridized carbons (Fsp3) is 0.429. The third-order valence-corrected chi connectivity index (χ3v) is 3.22. The van der Waals surface area contributed by atoms with Crippen LogP contribution < -0.4 is 10.2 Å². The lowest BCUT2D eigenvalue weighted by molar-refractivity contribution is -0.121. The molecule has 0 saturated carbocycles. The van der Waals surface area contributed by atoms with Crippen molar-refractivity contribution in [3.8, 4) is 0 Å². The Hall–Kier alpha value is -1.84. The Bertz CT molecular complexity index is 495. The molecule has 1 aromatic rings. The smallest absolute Gasteiger partial charge is 0.251 e. The molecule has 1 aromatic carbocycles. The van der Waals surface area contributed by atoms with Gasteiger partial charge in [0.1, 0.15) is 0 Å². The number of nitrogens with zero attached hydrogens (tertiary/aromatic N) is 1. The fourth-order valence-corrected chi connectivity index (χ4v) is 2.23. The SMILES string of the molecule is CNC(=O)c1ccc2c(c1)CCN2C(=O)C(C)C. The predicted octanol–water partition coefficient (Wildman–Crippen LogP) is 1.59. The van der Waals surface area contributed by atoms with Gasteiger partial charge in [-0.3, -0.25) is 9.59 Å². The second-order valence-corrected chi connectivity index (χ2v) is 4.82. The molecule has 1 aliphatic heterocycles. The second-order valence-electron chi connectivity index (χ2n) is 4.82. The molecule has 0 aromatic heterocycles. The molecule has 4 nitrogen and oxygen atoms in total. The van der Waals surface area contributed by atoms with Crippen molar-refractivity contribution < 1.29 is 9.59 Å². The summed E-state index contributed by atoms with van der Waals surface area (Å²) in [5.41, 5.74) is 2.67. The van der Waals surface area contributed by atoms with Crippen LogP contribution in [0.5, 0.6) is 0 Å². The van der Waals surface area contributed by atoms with Crippen molar-refractivity contribution in [3.05, 3.63) is 29.3 Å². The number of carbonyl (C=O) groups is 2. The zero-order chi connectivity index (χ0) is 13.3. The summed E-state index contributed by atoms with van der Waals surface area (Å²) >= 11 is 0. The third kappa shape index (κ3) is 2.10. The molecule has 0 spiro atoms. The summed E-state index contributed by atoms with van der Waals surface area (Å²) in [4.78, 5) is 25.4. The van der Waals surface area contributed by atoms with Crippen LogP contribution in [0.3, 0.4) is 0 Å². The van der Waals surface area contributed by atoms with Crippen molar-refractivity contribution in [3.63, 3.8) is 0 Å². The summed E-state index contributed by atoms with van der Waals surface area (Å²) in [6.07, 6.45) is 0.818. The minimum Gasteiger partial charge on any atom is -0.355 e. The van der Waals surface area contributed by atoms with Crippen LogP contribution in [0.1, 0.15) is 29.8 Å². The summed E-state index contributed by atoms with van der Waals surface area (Å²) < 4.78 is 0. The molecule has 0 bridgehead atoms. The van der Waals surface area contributed by atoms with Crippen LogP contribution in [-0.4, -0.2) is 25.4 Å². The van der Waals surface area contributed by atoms with Gasteiger partial charge in [0.15, 0.2) is 0 Å². The van der Waals surface area contributed by atoms with Gasteiger partial charge >= 0.3 is 0 Å². The van der Waals surface area contributed by atoms with Crippen LogP contribution in [0.15, 0.2) is 18.2 Å². The first-order chi connectivity index (χ1) is 8.54. The summed E-state index contributed by atoms with van der Waals surface area (Å²) in [7, 11) is 1.62. The molecule has 2 amide bonds. The first kappa shape index (κ1) is 12.6. The van der Waals surface area contributed by atoms with Gasteiger partial charge in [-0.15, -0.1) is 0 Å². The zero-order valence-corrected chi connectivity index (χ0v) is 11.0. The van der Waals surface area contributed by atoms with Crippen LogP contribution in [0.2, 0.25) is 0 Å². The summed E-state index contributed by atoms with van der Waals surface area (Å²) in [5, 5.41) is 2.61. The predicted molar refractivity (Wildman–Crippen MR) is 70.7 cm³/mol. The number of carbonyl (C=O) groups excluding carboxylic acids is 2. The summed E-state index contributed by atoms with van der Waals surface area (Å²) in [5.74, 6) is 0.0439. The second kappa shape index (κ2) is 4.80. The lowest BCUT2D eigenvalue weighted by Crippen LogP contribution is -2.32. The van der Waals surface area contributed by atoms with E-state index in [1.807, 2.05) is 30.9 Å². The average molecular weight is 246 g/mol. The Morgan fingerprint density at radius 2 is 2.06 bits per heavy atom. The average Bonchev–Trinajstić information content (AvgIpc) is 2.79. The third-order valence-electron chi connectivity index (χ3n) is 3.22. The molecule has 0 radical (unpaired) electrons. The van der Waals surface area contributed by atoms with E-state index in [9.17, 15) is 9.59 Å². The van der Waals surface area contributed by atoms with Crippen molar-refractivity contribution in [2.45, 2.75) is 20.3 Å². The van der Waals surface area contributed by atoms with Gasteiger partial charge in [0.2, 0.25) is 5.91 Å². The summed E-state index contributed by atoms with van der Waals surface area (Å²) in [6.45, 7) is 4.52. The molecule has 0 atom stereocenters. The van der Waals surface area contributed by atoms with E-state index in [4.69, 9.17) is 0 Å². The molecule has 0 fully saturated rings. The van der Waals surface area contributed by atoms with Crippen molar-refractivity contribution in [1.82, 2.24) is 5.32 Å². The standard InChI is InChI=1S/C14H18N2O2/c1-9(2)14(18)16-7-6-10-8-11(13(17)15-3)4-5-12(10)16/h4-5,8-9H,6-7H2,1-3H3,(H,15,17). The van der Waals surface area contributed by atoms with Gasteiger partial charge in [0.25, 0.3) is 5.91 Å². The van der Waals surface area contributed by atoms with Crippen LogP contribution >= 0.6 is 0 Å². The fourth-order valence-electron chi connectivity index (χ4n) is 2.23. The molecule has 18 heavy (non-hydrogen) atoms. The van der Waals surface area contributed by atoms with Crippen molar-refractivity contribution in [1.29, 1.82) is 0 Å². The van der Waals surface area contributed by atoms with Gasteiger partial charge in [-0.25, -0.2) is 0 Å². The van der Waals surface area contributed by atoms with Gasteiger partial charge in [0.05, 0.1) is 0 Å². The molecule has 0 saturated heterocycles. The van der Waals surface area contributed by atoms with E-state index >= 15 is 0 Å². The van der Waals surface area contributed by atoms with E-state index in [1.54, 1.807) is 13.1 Å². The monoisotopic (exact) mass is 246 g/mol. The molecule has 2 rings (SSSR count). The Labute approximate surface area is 107 Å². The van der Waals surface area contributed by atoms with Gasteiger partial charge < -0.3 is 10.2 Å². The largest absolute Gasteiger partial charge is 0.355 e. The molecular weight excluding hydrogens is 228 g/mol. The van der Waals surface area contributed by atoms with Crippen LogP contribution in [0, 0.1) is 5.92 Å². The minimum absolute atomic E-state index is 0.00503. The minimum atomic E-state index is -0.0913. The molecule has 0 aliphatic carbocycles. The van der Waals surface area contributed by atoms with E-state index < -0.39 is 0 Å². The molecule has 1 N–H and O–H groups in total. The number of benzene rings is 1. The highest BCUT2D eigenvalue weighted by Crippen LogP contribution is 2.30. The number of amides is 2. The lowest BCUT2D eigenvalue weighted by Gasteiger charge is -2.19. The van der Waals surface area contributed by atoms with Crippen LogP contribution in [0.25, 0.3) is 0 Å². The Morgan fingerprint density at radius 3 is 2.67 bits per heavy atom. The van der Waals surface area contributed by atoms with E-state index in [0.29, 0.717) is 12.1 Å². The maximum Gasteiger partial charge on any atom is 0.251 e. The van der Waals surface area contributed by atoms with Crippen LogP contribution in [0.4, 0.5) is 5.69 Å². The quantitative estimate of drug-likeness (QED) is 0.861. The van der Waals surface area contributed by atoms with Crippen LogP contribution in [-0.2, 0) is 11.2 Å². The number of hydrogen-bond donors (Lipinski definition) is 1. The molecule has 96 valence electrons. The van der Waals surface area contributed by atoms with Gasteiger partial charge in [-0.05, 0) is 30.2 Å². The van der Waals surface area contributed by atoms with E-state index in [2.05, 4.69) is 5.32 Å². The number of rotatable bonds is 2. The molecule has 1 aliphatic rings. The number of anilines is 1. The Kier molecular flexibility index (Phi) is 3.36.